The molecule has 50 heavy (non-hydrogen) atoms. The molecule has 2 aliphatic heterocycles. The fourth-order valence-electron chi connectivity index (χ4n) is 7.05. The first-order valence-corrected chi connectivity index (χ1v) is 16.7. The van der Waals surface area contributed by atoms with Crippen molar-refractivity contribution in [3.63, 3.8) is 0 Å². The van der Waals surface area contributed by atoms with E-state index in [0.717, 1.165) is 60.3 Å². The summed E-state index contributed by atoms with van der Waals surface area (Å²) in [6.07, 6.45) is 0.657. The SMILES string of the molecule is C=CC(=O)Nc1ccc([C@](C)(O)Cn2c(C#N)cc3c(C)c(CN4CCC(Nc5ncnc6c5CCN(CC(F)(F)F)C6)CC4)ccc32)cc1. The first-order valence-electron chi connectivity index (χ1n) is 16.7. The second-order valence-corrected chi connectivity index (χ2v) is 13.5. The van der Waals surface area contributed by atoms with Gasteiger partial charge < -0.3 is 20.3 Å². The standard InChI is InChI=1S/C37H41F3N8O2/c1-4-34(49)44-27-8-6-26(7-9-27)36(3,50)21-48-29(18-41)17-31-24(2)25(5-10-33(31)48)19-46-14-11-28(12-15-46)45-35-30-13-16-47(22-37(38,39)40)20-32(30)42-23-43-35/h4-10,17,23,28,50H,1,11-16,19-22H2,2-3H3,(H,44,49)(H,42,43,45)/t36-/m1/s1. The third-order valence-electron chi connectivity index (χ3n) is 9.82. The lowest BCUT2D eigenvalue weighted by molar-refractivity contribution is -0.147. The molecule has 0 radical (unpaired) electrons. The van der Waals surface area contributed by atoms with E-state index in [9.17, 15) is 28.3 Å². The van der Waals surface area contributed by atoms with Crippen LogP contribution < -0.4 is 10.6 Å². The molecule has 3 N–H and O–H groups in total. The predicted molar refractivity (Wildman–Crippen MR) is 185 cm³/mol. The monoisotopic (exact) mass is 686 g/mol. The Kier molecular flexibility index (Phi) is 9.98. The fourth-order valence-corrected chi connectivity index (χ4v) is 7.05. The lowest BCUT2D eigenvalue weighted by Crippen LogP contribution is -2.40. The van der Waals surface area contributed by atoms with E-state index in [1.54, 1.807) is 31.2 Å². The van der Waals surface area contributed by atoms with Crippen LogP contribution in [0.4, 0.5) is 24.7 Å². The van der Waals surface area contributed by atoms with Gasteiger partial charge in [0, 0.05) is 60.9 Å². The van der Waals surface area contributed by atoms with Crippen molar-refractivity contribution in [3.8, 4) is 6.07 Å². The number of amides is 1. The number of alkyl halides is 3. The Balaban J connectivity index is 1.09. The number of benzene rings is 2. The minimum atomic E-state index is -4.24. The van der Waals surface area contributed by atoms with Crippen LogP contribution in [0.2, 0.25) is 0 Å². The van der Waals surface area contributed by atoms with Crippen molar-refractivity contribution in [1.29, 1.82) is 5.26 Å². The van der Waals surface area contributed by atoms with Crippen LogP contribution in [0.3, 0.4) is 0 Å². The molecule has 2 aromatic heterocycles. The highest BCUT2D eigenvalue weighted by Gasteiger charge is 2.33. The van der Waals surface area contributed by atoms with Gasteiger partial charge >= 0.3 is 6.18 Å². The van der Waals surface area contributed by atoms with E-state index in [0.29, 0.717) is 35.6 Å². The maximum absolute atomic E-state index is 12.9. The van der Waals surface area contributed by atoms with Gasteiger partial charge in [0.15, 0.2) is 0 Å². The Labute approximate surface area is 289 Å². The van der Waals surface area contributed by atoms with Crippen LogP contribution in [0.15, 0.2) is 61.4 Å². The number of carbonyl (C=O) groups is 1. The molecule has 2 aromatic carbocycles. The summed E-state index contributed by atoms with van der Waals surface area (Å²) >= 11 is 0. The molecule has 1 atom stereocenters. The average molecular weight is 687 g/mol. The largest absolute Gasteiger partial charge is 0.401 e. The number of hydrogen-bond acceptors (Lipinski definition) is 8. The number of anilines is 2. The Morgan fingerprint density at radius 3 is 2.52 bits per heavy atom. The van der Waals surface area contributed by atoms with Crippen molar-refractivity contribution < 1.29 is 23.1 Å². The van der Waals surface area contributed by atoms with Crippen LogP contribution in [-0.4, -0.2) is 73.7 Å². The molecule has 1 amide bonds. The lowest BCUT2D eigenvalue weighted by atomic mass is 9.95. The summed E-state index contributed by atoms with van der Waals surface area (Å²) in [5.41, 5.74) is 5.11. The molecule has 4 aromatic rings. The molecular formula is C37H41F3N8O2. The van der Waals surface area contributed by atoms with Crippen molar-refractivity contribution in [3.05, 3.63) is 95.1 Å². The highest BCUT2D eigenvalue weighted by Crippen LogP contribution is 2.32. The number of fused-ring (bicyclic) bond motifs is 2. The minimum absolute atomic E-state index is 0.165. The quantitative estimate of drug-likeness (QED) is 0.183. The van der Waals surface area contributed by atoms with E-state index < -0.39 is 18.3 Å². The van der Waals surface area contributed by atoms with Crippen molar-refractivity contribution in [2.75, 3.05) is 36.8 Å². The zero-order valence-corrected chi connectivity index (χ0v) is 28.2. The number of piperidine rings is 1. The number of rotatable bonds is 10. The van der Waals surface area contributed by atoms with E-state index in [4.69, 9.17) is 0 Å². The van der Waals surface area contributed by atoms with Crippen LogP contribution in [0.25, 0.3) is 10.9 Å². The first-order chi connectivity index (χ1) is 23.8. The highest BCUT2D eigenvalue weighted by atomic mass is 19.4. The molecular weight excluding hydrogens is 645 g/mol. The molecule has 13 heteroatoms. The highest BCUT2D eigenvalue weighted by molar-refractivity contribution is 5.98. The molecule has 6 rings (SSSR count). The topological polar surface area (TPSA) is 122 Å². The van der Waals surface area contributed by atoms with Gasteiger partial charge in [-0.3, -0.25) is 14.6 Å². The molecule has 4 heterocycles. The smallest absolute Gasteiger partial charge is 0.384 e. The third kappa shape index (κ3) is 7.83. The van der Waals surface area contributed by atoms with Crippen molar-refractivity contribution in [2.24, 2.45) is 0 Å². The summed E-state index contributed by atoms with van der Waals surface area (Å²) in [6, 6.07) is 15.5. The summed E-state index contributed by atoms with van der Waals surface area (Å²) in [7, 11) is 0. The number of aryl methyl sites for hydroxylation is 1. The summed E-state index contributed by atoms with van der Waals surface area (Å²) < 4.78 is 40.6. The van der Waals surface area contributed by atoms with Crippen LogP contribution >= 0.6 is 0 Å². The first kappa shape index (κ1) is 35.1. The van der Waals surface area contributed by atoms with Gasteiger partial charge in [0.05, 0.1) is 18.8 Å². The lowest BCUT2D eigenvalue weighted by Gasteiger charge is -2.34. The number of carbonyl (C=O) groups excluding carboxylic acids is 1. The zero-order valence-electron chi connectivity index (χ0n) is 28.2. The third-order valence-corrected chi connectivity index (χ3v) is 9.82. The summed E-state index contributed by atoms with van der Waals surface area (Å²) in [5.74, 6) is 0.411. The normalized spacial score (nSPS) is 17.1. The molecule has 1 saturated heterocycles. The Morgan fingerprint density at radius 2 is 1.84 bits per heavy atom. The minimum Gasteiger partial charge on any atom is -0.384 e. The van der Waals surface area contributed by atoms with Gasteiger partial charge in [-0.1, -0.05) is 24.8 Å². The van der Waals surface area contributed by atoms with Crippen molar-refractivity contribution >= 4 is 28.3 Å². The van der Waals surface area contributed by atoms with E-state index >= 15 is 0 Å². The number of aromatic nitrogens is 3. The van der Waals surface area contributed by atoms with Gasteiger partial charge in [-0.15, -0.1) is 0 Å². The maximum atomic E-state index is 12.9. The van der Waals surface area contributed by atoms with Crippen LogP contribution in [-0.2, 0) is 36.5 Å². The van der Waals surface area contributed by atoms with Crippen LogP contribution in [0.5, 0.6) is 0 Å². The molecule has 0 aliphatic carbocycles. The number of likely N-dealkylation sites (tertiary alicyclic amines) is 1. The Bertz CT molecular complexity index is 1920. The van der Waals surface area contributed by atoms with Crippen molar-refractivity contribution in [1.82, 2.24) is 24.3 Å². The predicted octanol–water partition coefficient (Wildman–Crippen LogP) is 5.64. The van der Waals surface area contributed by atoms with Crippen molar-refractivity contribution in [2.45, 2.75) is 70.6 Å². The molecule has 0 saturated carbocycles. The average Bonchev–Trinajstić information content (AvgIpc) is 3.43. The van der Waals surface area contributed by atoms with Gasteiger partial charge in [-0.05, 0) is 80.1 Å². The van der Waals surface area contributed by atoms with Crippen LogP contribution in [0, 0.1) is 18.3 Å². The van der Waals surface area contributed by atoms with Gasteiger partial charge in [-0.2, -0.15) is 18.4 Å². The molecule has 0 bridgehead atoms. The van der Waals surface area contributed by atoms with Gasteiger partial charge in [0.2, 0.25) is 5.91 Å². The molecule has 2 aliphatic rings. The number of nitriles is 1. The summed E-state index contributed by atoms with van der Waals surface area (Å²) in [5, 5.41) is 28.8. The molecule has 0 spiro atoms. The number of hydrogen-bond donors (Lipinski definition) is 3. The molecule has 262 valence electrons. The van der Waals surface area contributed by atoms with Crippen LogP contribution in [0.1, 0.15) is 53.4 Å². The van der Waals surface area contributed by atoms with Gasteiger partial charge in [0.25, 0.3) is 0 Å². The summed E-state index contributed by atoms with van der Waals surface area (Å²) in [4.78, 5) is 24.2. The second kappa shape index (κ2) is 14.2. The van der Waals surface area contributed by atoms with E-state index in [1.165, 1.54) is 22.9 Å². The zero-order chi connectivity index (χ0) is 35.6. The molecule has 10 nitrogen and oxygen atoms in total. The van der Waals surface area contributed by atoms with E-state index in [-0.39, 0.29) is 25.0 Å². The number of nitrogens with one attached hydrogen (secondary N) is 2. The van der Waals surface area contributed by atoms with Gasteiger partial charge in [-0.25, -0.2) is 9.97 Å². The second-order valence-electron chi connectivity index (χ2n) is 13.5. The number of aliphatic hydroxyl groups is 1. The maximum Gasteiger partial charge on any atom is 0.401 e. The number of nitrogens with zero attached hydrogens (tertiary/aromatic N) is 6. The Morgan fingerprint density at radius 1 is 1.10 bits per heavy atom. The fraction of sp³-hybridized carbons (Fsp3) is 0.405. The Hall–Kier alpha value is -4.77. The van der Waals surface area contributed by atoms with E-state index in [2.05, 4.69) is 51.1 Å². The molecule has 1 fully saturated rings. The molecule has 0 unspecified atom stereocenters. The summed E-state index contributed by atoms with van der Waals surface area (Å²) in [6.45, 7) is 9.44. The number of halogens is 3. The van der Waals surface area contributed by atoms with E-state index in [1.807, 2.05) is 16.7 Å². The van der Waals surface area contributed by atoms with Gasteiger partial charge in [0.1, 0.15) is 29.5 Å².